The number of likely N-dealkylation sites (tertiary alicyclic amines) is 1. The van der Waals surface area contributed by atoms with Crippen molar-refractivity contribution in [3.8, 4) is 5.69 Å². The molecule has 31 heavy (non-hydrogen) atoms. The van der Waals surface area contributed by atoms with Gasteiger partial charge in [0, 0.05) is 37.9 Å². The molecule has 7 heteroatoms. The van der Waals surface area contributed by atoms with E-state index in [2.05, 4.69) is 33.6 Å². The molecule has 5 rings (SSSR count). The first-order valence-corrected chi connectivity index (χ1v) is 11.0. The second kappa shape index (κ2) is 8.69. The average Bonchev–Trinajstić information content (AvgIpc) is 3.57. The van der Waals surface area contributed by atoms with Gasteiger partial charge in [-0.1, -0.05) is 18.2 Å². The van der Waals surface area contributed by atoms with Gasteiger partial charge in [0.05, 0.1) is 29.9 Å². The summed E-state index contributed by atoms with van der Waals surface area (Å²) < 4.78 is 13.5. The third-order valence-electron chi connectivity index (χ3n) is 6.40. The molecule has 1 N–H and O–H groups in total. The maximum Gasteiger partial charge on any atom is 0.287 e. The third kappa shape index (κ3) is 4.57. The maximum absolute atomic E-state index is 12.1. The quantitative estimate of drug-likeness (QED) is 0.662. The lowest BCUT2D eigenvalue weighted by Crippen LogP contribution is -2.44. The molecule has 2 aliphatic heterocycles. The summed E-state index contributed by atoms with van der Waals surface area (Å²) in [7, 11) is 0. The molecule has 0 saturated carbocycles. The van der Waals surface area contributed by atoms with E-state index >= 15 is 0 Å². The van der Waals surface area contributed by atoms with E-state index in [-0.39, 0.29) is 17.6 Å². The Morgan fingerprint density at radius 2 is 1.97 bits per heavy atom. The van der Waals surface area contributed by atoms with Gasteiger partial charge in [-0.3, -0.25) is 9.69 Å². The van der Waals surface area contributed by atoms with E-state index in [0.29, 0.717) is 12.3 Å². The molecule has 1 unspecified atom stereocenters. The van der Waals surface area contributed by atoms with Gasteiger partial charge in [0.1, 0.15) is 0 Å². The van der Waals surface area contributed by atoms with Crippen LogP contribution >= 0.6 is 0 Å². The second-order valence-corrected chi connectivity index (χ2v) is 8.55. The number of ether oxygens (including phenoxy) is 1. The van der Waals surface area contributed by atoms with Crippen molar-refractivity contribution in [1.82, 2.24) is 20.0 Å². The summed E-state index contributed by atoms with van der Waals surface area (Å²) in [5.74, 6) is 0.164. The molecule has 4 heterocycles. The molecule has 1 amide bonds. The van der Waals surface area contributed by atoms with Crippen LogP contribution in [0.1, 0.15) is 41.8 Å². The van der Waals surface area contributed by atoms with Crippen molar-refractivity contribution < 1.29 is 13.9 Å². The van der Waals surface area contributed by atoms with Gasteiger partial charge in [-0.25, -0.2) is 4.68 Å². The van der Waals surface area contributed by atoms with Crippen LogP contribution < -0.4 is 5.32 Å². The Morgan fingerprint density at radius 1 is 1.13 bits per heavy atom. The molecular formula is C24H28N4O3. The van der Waals surface area contributed by atoms with E-state index in [4.69, 9.17) is 9.15 Å². The third-order valence-corrected chi connectivity index (χ3v) is 6.40. The van der Waals surface area contributed by atoms with Crippen LogP contribution in [-0.4, -0.2) is 51.9 Å². The van der Waals surface area contributed by atoms with Gasteiger partial charge in [-0.15, -0.1) is 0 Å². The summed E-state index contributed by atoms with van der Waals surface area (Å²) in [4.78, 5) is 14.5. The molecule has 2 aromatic heterocycles. The van der Waals surface area contributed by atoms with Gasteiger partial charge in [0.2, 0.25) is 0 Å². The minimum Gasteiger partial charge on any atom is -0.459 e. The largest absolute Gasteiger partial charge is 0.459 e. The fourth-order valence-electron chi connectivity index (χ4n) is 4.65. The zero-order chi connectivity index (χ0) is 21.1. The molecular weight excluding hydrogens is 392 g/mol. The van der Waals surface area contributed by atoms with Gasteiger partial charge in [0.25, 0.3) is 5.91 Å². The zero-order valence-electron chi connectivity index (χ0n) is 17.6. The maximum atomic E-state index is 12.1. The summed E-state index contributed by atoms with van der Waals surface area (Å²) in [6, 6.07) is 13.6. The van der Waals surface area contributed by atoms with Crippen LogP contribution in [0.2, 0.25) is 0 Å². The van der Waals surface area contributed by atoms with E-state index in [1.807, 2.05) is 29.1 Å². The topological polar surface area (TPSA) is 72.5 Å². The second-order valence-electron chi connectivity index (χ2n) is 8.55. The van der Waals surface area contributed by atoms with Crippen molar-refractivity contribution in [2.24, 2.45) is 0 Å². The summed E-state index contributed by atoms with van der Waals surface area (Å²) in [6.07, 6.45) is 9.78. The molecule has 3 aromatic rings. The number of amides is 1. The SMILES string of the molecule is O=C(NCC1CCC2(CCN(Cc3cnn(-c4ccccc4)c3)CC2)O1)c1ccco1. The van der Waals surface area contributed by atoms with Crippen LogP contribution in [0.15, 0.2) is 65.5 Å². The standard InChI is InChI=1S/C24H28N4O3/c29-23(22-7-4-14-30-22)25-16-21-8-9-24(31-21)10-12-27(13-11-24)17-19-15-26-28(18-19)20-5-2-1-3-6-20/h1-7,14-15,18,21H,8-13,16-17H2,(H,25,29). The minimum absolute atomic E-state index is 0.0369. The Bertz CT molecular complexity index is 991. The smallest absolute Gasteiger partial charge is 0.287 e. The van der Waals surface area contributed by atoms with Crippen LogP contribution in [0.5, 0.6) is 0 Å². The normalized spacial score (nSPS) is 20.8. The molecule has 7 nitrogen and oxygen atoms in total. The molecule has 0 bridgehead atoms. The van der Waals surface area contributed by atoms with Crippen molar-refractivity contribution >= 4 is 5.91 Å². The van der Waals surface area contributed by atoms with E-state index in [1.54, 1.807) is 12.1 Å². The van der Waals surface area contributed by atoms with Crippen molar-refractivity contribution in [1.29, 1.82) is 0 Å². The van der Waals surface area contributed by atoms with Crippen molar-refractivity contribution in [2.75, 3.05) is 19.6 Å². The summed E-state index contributed by atoms with van der Waals surface area (Å²) in [6.45, 7) is 3.47. The first kappa shape index (κ1) is 20.0. The minimum atomic E-state index is -0.180. The van der Waals surface area contributed by atoms with E-state index in [1.165, 1.54) is 11.8 Å². The number of para-hydroxylation sites is 1. The first-order valence-electron chi connectivity index (χ1n) is 11.0. The number of rotatable bonds is 6. The van der Waals surface area contributed by atoms with Crippen molar-refractivity contribution in [2.45, 2.75) is 43.9 Å². The summed E-state index contributed by atoms with van der Waals surface area (Å²) in [5, 5.41) is 7.44. The molecule has 1 aromatic carbocycles. The number of hydrogen-bond donors (Lipinski definition) is 1. The van der Waals surface area contributed by atoms with E-state index in [9.17, 15) is 4.79 Å². The lowest BCUT2D eigenvalue weighted by Gasteiger charge is -2.39. The Kier molecular flexibility index (Phi) is 5.61. The van der Waals surface area contributed by atoms with Crippen LogP contribution in [0.3, 0.4) is 0 Å². The van der Waals surface area contributed by atoms with E-state index < -0.39 is 0 Å². The fraction of sp³-hybridized carbons (Fsp3) is 0.417. The van der Waals surface area contributed by atoms with Crippen molar-refractivity contribution in [3.63, 3.8) is 0 Å². The summed E-state index contributed by atoms with van der Waals surface area (Å²) in [5.41, 5.74) is 2.27. The number of furan rings is 1. The number of piperidine rings is 1. The van der Waals surface area contributed by atoms with E-state index in [0.717, 1.165) is 51.0 Å². The lowest BCUT2D eigenvalue weighted by molar-refractivity contribution is -0.0764. The molecule has 162 valence electrons. The fourth-order valence-corrected chi connectivity index (χ4v) is 4.65. The molecule has 1 spiro atoms. The monoisotopic (exact) mass is 420 g/mol. The van der Waals surface area contributed by atoms with Gasteiger partial charge < -0.3 is 14.5 Å². The average molecular weight is 421 g/mol. The van der Waals surface area contributed by atoms with Crippen molar-refractivity contribution in [3.05, 3.63) is 72.4 Å². The Hall–Kier alpha value is -2.90. The predicted molar refractivity (Wildman–Crippen MR) is 116 cm³/mol. The highest BCUT2D eigenvalue weighted by Gasteiger charge is 2.42. The molecule has 2 fully saturated rings. The van der Waals surface area contributed by atoms with Crippen LogP contribution in [0.25, 0.3) is 5.69 Å². The Labute approximate surface area is 182 Å². The molecule has 1 atom stereocenters. The number of nitrogens with one attached hydrogen (secondary N) is 1. The van der Waals surface area contributed by atoms with Crippen LogP contribution in [-0.2, 0) is 11.3 Å². The van der Waals surface area contributed by atoms with Crippen LogP contribution in [0, 0.1) is 0 Å². The number of nitrogens with zero attached hydrogens (tertiary/aromatic N) is 3. The molecule has 0 radical (unpaired) electrons. The number of aromatic nitrogens is 2. The number of carbonyl (C=O) groups is 1. The molecule has 0 aliphatic carbocycles. The number of benzene rings is 1. The Morgan fingerprint density at radius 3 is 2.74 bits per heavy atom. The van der Waals surface area contributed by atoms with Gasteiger partial charge in [-0.05, 0) is 49.9 Å². The zero-order valence-corrected chi connectivity index (χ0v) is 17.6. The highest BCUT2D eigenvalue weighted by Crippen LogP contribution is 2.39. The highest BCUT2D eigenvalue weighted by molar-refractivity contribution is 5.91. The number of hydrogen-bond acceptors (Lipinski definition) is 5. The van der Waals surface area contributed by atoms with Crippen LogP contribution in [0.4, 0.5) is 0 Å². The van der Waals surface area contributed by atoms with Gasteiger partial charge >= 0.3 is 0 Å². The highest BCUT2D eigenvalue weighted by atomic mass is 16.5. The predicted octanol–water partition coefficient (Wildman–Crippen LogP) is 3.41. The van der Waals surface area contributed by atoms with Gasteiger partial charge in [0.15, 0.2) is 5.76 Å². The first-order chi connectivity index (χ1) is 15.2. The Balaban J connectivity index is 1.09. The number of carbonyl (C=O) groups excluding carboxylic acids is 1. The lowest BCUT2D eigenvalue weighted by atomic mass is 9.88. The molecule has 2 saturated heterocycles. The van der Waals surface area contributed by atoms with Gasteiger partial charge in [-0.2, -0.15) is 5.10 Å². The molecule has 2 aliphatic rings. The summed E-state index contributed by atoms with van der Waals surface area (Å²) >= 11 is 0.